The molecule has 0 atom stereocenters. The Morgan fingerprint density at radius 3 is 2.61 bits per heavy atom. The first-order valence-electron chi connectivity index (χ1n) is 5.80. The van der Waals surface area contributed by atoms with Gasteiger partial charge in [0, 0.05) is 18.5 Å². The minimum Gasteiger partial charge on any atom is -0.356 e. The van der Waals surface area contributed by atoms with Gasteiger partial charge in [-0.05, 0) is 40.4 Å². The van der Waals surface area contributed by atoms with Crippen LogP contribution < -0.4 is 10.6 Å². The van der Waals surface area contributed by atoms with Crippen LogP contribution in [0.25, 0.3) is 0 Å². The van der Waals surface area contributed by atoms with Crippen molar-refractivity contribution in [3.63, 3.8) is 0 Å². The fraction of sp³-hybridized carbons (Fsp3) is 0.583. The average Bonchev–Trinajstić information content (AvgIpc) is 2.69. The minimum atomic E-state index is 0. The molecule has 1 aromatic heterocycles. The molecule has 1 heterocycles. The molecular formula is C12H21BrIN3S. The van der Waals surface area contributed by atoms with E-state index in [0.717, 1.165) is 29.3 Å². The normalized spacial score (nSPS) is 11.3. The van der Waals surface area contributed by atoms with Crippen molar-refractivity contribution < 1.29 is 0 Å². The number of guanidine groups is 1. The average molecular weight is 446 g/mol. The largest absolute Gasteiger partial charge is 0.356 e. The maximum absolute atomic E-state index is 4.19. The summed E-state index contributed by atoms with van der Waals surface area (Å²) in [5.74, 6) is 1.59. The van der Waals surface area contributed by atoms with Crippen LogP contribution in [0.15, 0.2) is 20.9 Å². The lowest BCUT2D eigenvalue weighted by molar-refractivity contribution is 0.574. The number of halogens is 2. The van der Waals surface area contributed by atoms with Crippen molar-refractivity contribution >= 4 is 57.2 Å². The molecule has 0 saturated heterocycles. The molecule has 0 spiro atoms. The number of hydrogen-bond acceptors (Lipinski definition) is 2. The van der Waals surface area contributed by atoms with Gasteiger partial charge in [0.05, 0.1) is 10.3 Å². The topological polar surface area (TPSA) is 36.4 Å². The van der Waals surface area contributed by atoms with Crippen LogP contribution in [-0.2, 0) is 6.54 Å². The summed E-state index contributed by atoms with van der Waals surface area (Å²) in [6.45, 7) is 6.23. The zero-order valence-electron chi connectivity index (χ0n) is 11.0. The summed E-state index contributed by atoms with van der Waals surface area (Å²) in [7, 11) is 1.80. The van der Waals surface area contributed by atoms with Crippen LogP contribution in [0.4, 0.5) is 0 Å². The van der Waals surface area contributed by atoms with Crippen molar-refractivity contribution in [2.24, 2.45) is 10.9 Å². The number of aliphatic imine (C=N–C) groups is 1. The number of hydrogen-bond donors (Lipinski definition) is 2. The lowest BCUT2D eigenvalue weighted by atomic mass is 10.1. The van der Waals surface area contributed by atoms with Gasteiger partial charge in [0.2, 0.25) is 0 Å². The van der Waals surface area contributed by atoms with Gasteiger partial charge in [0.1, 0.15) is 0 Å². The molecule has 6 heteroatoms. The third kappa shape index (κ3) is 7.58. The number of rotatable bonds is 5. The Morgan fingerprint density at radius 2 is 2.11 bits per heavy atom. The van der Waals surface area contributed by atoms with Gasteiger partial charge in [0.15, 0.2) is 5.96 Å². The SMILES string of the molecule is CN=C(NCCC(C)C)NCc1ccc(Br)s1.I. The number of thiophene rings is 1. The molecule has 0 aliphatic heterocycles. The van der Waals surface area contributed by atoms with Crippen molar-refractivity contribution in [1.82, 2.24) is 10.6 Å². The molecule has 3 nitrogen and oxygen atoms in total. The molecule has 0 unspecified atom stereocenters. The van der Waals surface area contributed by atoms with Gasteiger partial charge in [-0.25, -0.2) is 0 Å². The van der Waals surface area contributed by atoms with Crippen molar-refractivity contribution in [2.75, 3.05) is 13.6 Å². The van der Waals surface area contributed by atoms with Gasteiger partial charge in [0.25, 0.3) is 0 Å². The molecule has 0 bridgehead atoms. The van der Waals surface area contributed by atoms with Crippen LogP contribution in [0.5, 0.6) is 0 Å². The monoisotopic (exact) mass is 445 g/mol. The van der Waals surface area contributed by atoms with E-state index in [0.29, 0.717) is 5.92 Å². The summed E-state index contributed by atoms with van der Waals surface area (Å²) in [6.07, 6.45) is 1.16. The third-order valence-electron chi connectivity index (χ3n) is 2.30. The maximum atomic E-state index is 4.19. The van der Waals surface area contributed by atoms with E-state index in [1.807, 2.05) is 0 Å². The molecule has 18 heavy (non-hydrogen) atoms. The minimum absolute atomic E-state index is 0. The molecule has 104 valence electrons. The Bertz CT molecular complexity index is 366. The van der Waals surface area contributed by atoms with Crippen LogP contribution >= 0.6 is 51.2 Å². The lowest BCUT2D eigenvalue weighted by Crippen LogP contribution is -2.37. The highest BCUT2D eigenvalue weighted by molar-refractivity contribution is 14.0. The quantitative estimate of drug-likeness (QED) is 0.410. The van der Waals surface area contributed by atoms with Crippen LogP contribution in [0, 0.1) is 5.92 Å². The van der Waals surface area contributed by atoms with Crippen LogP contribution in [0.3, 0.4) is 0 Å². The van der Waals surface area contributed by atoms with E-state index < -0.39 is 0 Å². The van der Waals surface area contributed by atoms with Gasteiger partial charge in [-0.15, -0.1) is 35.3 Å². The lowest BCUT2D eigenvalue weighted by Gasteiger charge is -2.12. The fourth-order valence-electron chi connectivity index (χ4n) is 1.32. The molecule has 0 aliphatic rings. The smallest absolute Gasteiger partial charge is 0.191 e. The molecule has 0 saturated carbocycles. The molecule has 1 aromatic rings. The Labute approximate surface area is 139 Å². The second kappa shape index (κ2) is 10.0. The Hall–Kier alpha value is 0.180. The van der Waals surface area contributed by atoms with Crippen molar-refractivity contribution in [2.45, 2.75) is 26.8 Å². The first-order chi connectivity index (χ1) is 8.11. The molecule has 2 N–H and O–H groups in total. The van der Waals surface area contributed by atoms with Crippen LogP contribution in [-0.4, -0.2) is 19.6 Å². The van der Waals surface area contributed by atoms with Gasteiger partial charge in [-0.2, -0.15) is 0 Å². The second-order valence-corrected chi connectivity index (χ2v) is 6.79. The van der Waals surface area contributed by atoms with Crippen LogP contribution in [0.1, 0.15) is 25.1 Å². The number of nitrogens with zero attached hydrogens (tertiary/aromatic N) is 1. The molecular weight excluding hydrogens is 425 g/mol. The standard InChI is InChI=1S/C12H20BrN3S.HI/c1-9(2)6-7-15-12(14-3)16-8-10-4-5-11(13)17-10;/h4-5,9H,6-8H2,1-3H3,(H2,14,15,16);1H. The summed E-state index contributed by atoms with van der Waals surface area (Å²) in [5.41, 5.74) is 0. The van der Waals surface area contributed by atoms with E-state index in [1.54, 1.807) is 18.4 Å². The van der Waals surface area contributed by atoms with E-state index >= 15 is 0 Å². The predicted octanol–water partition coefficient (Wildman–Crippen LogP) is 3.84. The first kappa shape index (κ1) is 18.2. The van der Waals surface area contributed by atoms with Gasteiger partial charge in [-0.3, -0.25) is 4.99 Å². The summed E-state index contributed by atoms with van der Waals surface area (Å²) in [4.78, 5) is 5.49. The Kier molecular flexibility index (Phi) is 10.1. The molecule has 0 amide bonds. The summed E-state index contributed by atoms with van der Waals surface area (Å²) < 4.78 is 1.16. The zero-order chi connectivity index (χ0) is 12.7. The first-order valence-corrected chi connectivity index (χ1v) is 7.41. The van der Waals surface area contributed by atoms with Crippen LogP contribution in [0.2, 0.25) is 0 Å². The molecule has 0 aromatic carbocycles. The van der Waals surface area contributed by atoms with E-state index in [-0.39, 0.29) is 24.0 Å². The highest BCUT2D eigenvalue weighted by atomic mass is 127. The van der Waals surface area contributed by atoms with Gasteiger partial charge >= 0.3 is 0 Å². The summed E-state index contributed by atoms with van der Waals surface area (Å²) >= 11 is 5.20. The second-order valence-electron chi connectivity index (χ2n) is 4.24. The third-order valence-corrected chi connectivity index (χ3v) is 3.92. The van der Waals surface area contributed by atoms with Crippen molar-refractivity contribution in [3.05, 3.63) is 20.8 Å². The van der Waals surface area contributed by atoms with E-state index in [9.17, 15) is 0 Å². The van der Waals surface area contributed by atoms with Gasteiger partial charge < -0.3 is 10.6 Å². The number of nitrogens with one attached hydrogen (secondary N) is 2. The molecule has 1 rings (SSSR count). The molecule has 0 radical (unpaired) electrons. The highest BCUT2D eigenvalue weighted by Crippen LogP contribution is 2.21. The fourth-order valence-corrected chi connectivity index (χ4v) is 2.74. The summed E-state index contributed by atoms with van der Waals surface area (Å²) in [5, 5.41) is 6.61. The van der Waals surface area contributed by atoms with E-state index in [2.05, 4.69) is 57.5 Å². The predicted molar refractivity (Wildman–Crippen MR) is 95.1 cm³/mol. The van der Waals surface area contributed by atoms with Gasteiger partial charge in [-0.1, -0.05) is 13.8 Å². The molecule has 0 fully saturated rings. The van der Waals surface area contributed by atoms with E-state index in [4.69, 9.17) is 0 Å². The summed E-state index contributed by atoms with van der Waals surface area (Å²) in [6, 6.07) is 4.18. The van der Waals surface area contributed by atoms with E-state index in [1.165, 1.54) is 4.88 Å². The zero-order valence-corrected chi connectivity index (χ0v) is 15.7. The van der Waals surface area contributed by atoms with Crippen molar-refractivity contribution in [3.8, 4) is 0 Å². The molecule has 0 aliphatic carbocycles. The Morgan fingerprint density at radius 1 is 1.39 bits per heavy atom. The highest BCUT2D eigenvalue weighted by Gasteiger charge is 2.01. The maximum Gasteiger partial charge on any atom is 0.191 e. The Balaban J connectivity index is 0.00000289. The van der Waals surface area contributed by atoms with Crippen molar-refractivity contribution in [1.29, 1.82) is 0 Å².